The van der Waals surface area contributed by atoms with Crippen molar-refractivity contribution in [2.24, 2.45) is 0 Å². The average molecular weight is 424 g/mol. The first kappa shape index (κ1) is 22.5. The minimum absolute atomic E-state index is 0.211. The Hall–Kier alpha value is -2.81. The third-order valence-electron chi connectivity index (χ3n) is 4.36. The maximum absolute atomic E-state index is 13.2. The smallest absolute Gasteiger partial charge is 0.241 e. The standard InChI is InChI=1S/C20H25FN2O5S/c1-5-17(14-6-11-18(27-2)19(12-14)28-3)22-20(24)13-23(29(4,25)26)16-9-7-15(21)8-10-16/h6-12,17H,5,13H2,1-4H3,(H,22,24). The fraction of sp³-hybridized carbons (Fsp3) is 0.350. The van der Waals surface area contributed by atoms with E-state index in [-0.39, 0.29) is 11.7 Å². The zero-order valence-corrected chi connectivity index (χ0v) is 17.6. The molecule has 1 unspecified atom stereocenters. The second-order valence-corrected chi connectivity index (χ2v) is 8.30. The van der Waals surface area contributed by atoms with Crippen molar-refractivity contribution in [1.29, 1.82) is 0 Å². The first-order chi connectivity index (χ1) is 13.7. The number of nitrogens with one attached hydrogen (secondary N) is 1. The van der Waals surface area contributed by atoms with Crippen molar-refractivity contribution in [3.8, 4) is 11.5 Å². The molecule has 29 heavy (non-hydrogen) atoms. The molecule has 0 saturated heterocycles. The van der Waals surface area contributed by atoms with E-state index in [1.165, 1.54) is 26.4 Å². The van der Waals surface area contributed by atoms with Crippen molar-refractivity contribution in [2.45, 2.75) is 19.4 Å². The van der Waals surface area contributed by atoms with Gasteiger partial charge in [0.25, 0.3) is 0 Å². The van der Waals surface area contributed by atoms with Crippen LogP contribution in [-0.4, -0.2) is 41.3 Å². The number of benzene rings is 2. The van der Waals surface area contributed by atoms with Crippen LogP contribution in [0.5, 0.6) is 11.5 Å². The summed E-state index contributed by atoms with van der Waals surface area (Å²) >= 11 is 0. The Morgan fingerprint density at radius 3 is 2.24 bits per heavy atom. The molecule has 2 aromatic carbocycles. The molecule has 0 heterocycles. The first-order valence-corrected chi connectivity index (χ1v) is 10.8. The fourth-order valence-corrected chi connectivity index (χ4v) is 3.72. The third-order valence-corrected chi connectivity index (χ3v) is 5.50. The number of ether oxygens (including phenoxy) is 2. The Morgan fingerprint density at radius 1 is 1.10 bits per heavy atom. The van der Waals surface area contributed by atoms with Crippen molar-refractivity contribution in [3.63, 3.8) is 0 Å². The number of sulfonamides is 1. The van der Waals surface area contributed by atoms with Crippen LogP contribution < -0.4 is 19.1 Å². The van der Waals surface area contributed by atoms with Gasteiger partial charge in [-0.15, -0.1) is 0 Å². The fourth-order valence-electron chi connectivity index (χ4n) is 2.87. The monoisotopic (exact) mass is 424 g/mol. The van der Waals surface area contributed by atoms with Crippen LogP contribution in [0.2, 0.25) is 0 Å². The van der Waals surface area contributed by atoms with Crippen molar-refractivity contribution < 1.29 is 27.1 Å². The van der Waals surface area contributed by atoms with Crippen LogP contribution in [0, 0.1) is 5.82 Å². The zero-order valence-electron chi connectivity index (χ0n) is 16.8. The molecule has 0 aliphatic heterocycles. The molecule has 0 radical (unpaired) electrons. The van der Waals surface area contributed by atoms with Gasteiger partial charge in [0.2, 0.25) is 15.9 Å². The van der Waals surface area contributed by atoms with Gasteiger partial charge in [-0.25, -0.2) is 12.8 Å². The maximum atomic E-state index is 13.2. The Kier molecular flexibility index (Phi) is 7.44. The van der Waals surface area contributed by atoms with Gasteiger partial charge < -0.3 is 14.8 Å². The molecule has 2 aromatic rings. The highest BCUT2D eigenvalue weighted by molar-refractivity contribution is 7.92. The summed E-state index contributed by atoms with van der Waals surface area (Å²) < 4.78 is 48.9. The van der Waals surface area contributed by atoms with Gasteiger partial charge in [-0.1, -0.05) is 13.0 Å². The van der Waals surface area contributed by atoms with Gasteiger partial charge in [-0.05, 0) is 48.4 Å². The topological polar surface area (TPSA) is 84.9 Å². The Balaban J connectivity index is 2.20. The molecule has 2 rings (SSSR count). The Morgan fingerprint density at radius 2 is 1.72 bits per heavy atom. The number of methoxy groups -OCH3 is 2. The van der Waals surface area contributed by atoms with E-state index in [0.29, 0.717) is 17.9 Å². The van der Waals surface area contributed by atoms with Crippen LogP contribution in [-0.2, 0) is 14.8 Å². The van der Waals surface area contributed by atoms with Crippen molar-refractivity contribution in [2.75, 3.05) is 31.3 Å². The van der Waals surface area contributed by atoms with E-state index in [0.717, 1.165) is 28.3 Å². The molecule has 0 fully saturated rings. The predicted octanol–water partition coefficient (Wildman–Crippen LogP) is 2.88. The Bertz CT molecular complexity index is 948. The number of anilines is 1. The number of carbonyl (C=O) groups excluding carboxylic acids is 1. The highest BCUT2D eigenvalue weighted by Gasteiger charge is 2.23. The highest BCUT2D eigenvalue weighted by Crippen LogP contribution is 2.31. The molecule has 9 heteroatoms. The van der Waals surface area contributed by atoms with Gasteiger partial charge in [0.05, 0.1) is 32.2 Å². The number of nitrogens with zero attached hydrogens (tertiary/aromatic N) is 1. The van der Waals surface area contributed by atoms with Crippen molar-refractivity contribution in [1.82, 2.24) is 5.32 Å². The zero-order chi connectivity index (χ0) is 21.6. The minimum atomic E-state index is -3.74. The molecular formula is C20H25FN2O5S. The summed E-state index contributed by atoms with van der Waals surface area (Å²) in [6.07, 6.45) is 1.58. The summed E-state index contributed by atoms with van der Waals surface area (Å²) in [7, 11) is -0.684. The largest absolute Gasteiger partial charge is 0.493 e. The second kappa shape index (κ2) is 9.60. The summed E-state index contributed by atoms with van der Waals surface area (Å²) in [5, 5.41) is 2.84. The first-order valence-electron chi connectivity index (χ1n) is 8.94. The number of carbonyl (C=O) groups is 1. The third kappa shape index (κ3) is 5.83. The summed E-state index contributed by atoms with van der Waals surface area (Å²) in [6, 6.07) is 9.88. The van der Waals surface area contributed by atoms with Gasteiger partial charge in [-0.2, -0.15) is 0 Å². The maximum Gasteiger partial charge on any atom is 0.241 e. The molecule has 0 aliphatic carbocycles. The summed E-state index contributed by atoms with van der Waals surface area (Å²) in [6.45, 7) is 1.48. The van der Waals surface area contributed by atoms with E-state index in [4.69, 9.17) is 9.47 Å². The lowest BCUT2D eigenvalue weighted by Gasteiger charge is -2.24. The summed E-state index contributed by atoms with van der Waals surface area (Å²) in [5.41, 5.74) is 1.01. The second-order valence-electron chi connectivity index (χ2n) is 6.39. The number of amides is 1. The number of hydrogen-bond donors (Lipinski definition) is 1. The van der Waals surface area contributed by atoms with E-state index in [1.54, 1.807) is 12.1 Å². The molecule has 1 atom stereocenters. The van der Waals surface area contributed by atoms with E-state index in [1.807, 2.05) is 13.0 Å². The van der Waals surface area contributed by atoms with E-state index in [9.17, 15) is 17.6 Å². The summed E-state index contributed by atoms with van der Waals surface area (Å²) in [4.78, 5) is 12.6. The van der Waals surface area contributed by atoms with Crippen LogP contribution in [0.15, 0.2) is 42.5 Å². The molecule has 7 nitrogen and oxygen atoms in total. The van der Waals surface area contributed by atoms with Crippen molar-refractivity contribution >= 4 is 21.6 Å². The lowest BCUT2D eigenvalue weighted by atomic mass is 10.0. The van der Waals surface area contributed by atoms with E-state index >= 15 is 0 Å². The molecule has 0 aliphatic rings. The van der Waals surface area contributed by atoms with Gasteiger partial charge in [0.15, 0.2) is 11.5 Å². The highest BCUT2D eigenvalue weighted by atomic mass is 32.2. The van der Waals surface area contributed by atoms with Gasteiger partial charge >= 0.3 is 0 Å². The quantitative estimate of drug-likeness (QED) is 0.669. The number of halogens is 1. The lowest BCUT2D eigenvalue weighted by molar-refractivity contribution is -0.120. The van der Waals surface area contributed by atoms with Gasteiger partial charge in [-0.3, -0.25) is 9.10 Å². The molecule has 0 saturated carbocycles. The van der Waals surface area contributed by atoms with E-state index < -0.39 is 28.3 Å². The predicted molar refractivity (Wildman–Crippen MR) is 109 cm³/mol. The molecule has 1 N–H and O–H groups in total. The van der Waals surface area contributed by atoms with Gasteiger partial charge in [0.1, 0.15) is 12.4 Å². The molecule has 0 bridgehead atoms. The summed E-state index contributed by atoms with van der Waals surface area (Å²) in [5.74, 6) is 0.117. The van der Waals surface area contributed by atoms with Crippen LogP contribution in [0.4, 0.5) is 10.1 Å². The molecular weight excluding hydrogens is 399 g/mol. The molecule has 0 spiro atoms. The SMILES string of the molecule is CCC(NC(=O)CN(c1ccc(F)cc1)S(C)(=O)=O)c1ccc(OC)c(OC)c1. The van der Waals surface area contributed by atoms with Crippen LogP contribution in [0.3, 0.4) is 0 Å². The van der Waals surface area contributed by atoms with Crippen LogP contribution in [0.1, 0.15) is 24.9 Å². The lowest BCUT2D eigenvalue weighted by Crippen LogP contribution is -2.41. The Labute approximate surface area is 170 Å². The number of hydrogen-bond acceptors (Lipinski definition) is 5. The van der Waals surface area contributed by atoms with E-state index in [2.05, 4.69) is 5.32 Å². The van der Waals surface area contributed by atoms with Crippen LogP contribution >= 0.6 is 0 Å². The van der Waals surface area contributed by atoms with Crippen molar-refractivity contribution in [3.05, 3.63) is 53.8 Å². The minimum Gasteiger partial charge on any atom is -0.493 e. The average Bonchev–Trinajstić information content (AvgIpc) is 2.69. The molecule has 1 amide bonds. The normalized spacial score (nSPS) is 12.2. The van der Waals surface area contributed by atoms with Gasteiger partial charge in [0, 0.05) is 0 Å². The van der Waals surface area contributed by atoms with Crippen LogP contribution in [0.25, 0.3) is 0 Å². The number of rotatable bonds is 9. The molecule has 158 valence electrons. The molecule has 0 aromatic heterocycles.